The van der Waals surface area contributed by atoms with Crippen molar-refractivity contribution in [2.45, 2.75) is 39.2 Å². The second kappa shape index (κ2) is 4.99. The normalized spacial score (nSPS) is 21.4. The molecule has 0 radical (unpaired) electrons. The van der Waals surface area contributed by atoms with Crippen LogP contribution in [0, 0.1) is 12.8 Å². The molecule has 1 heterocycles. The zero-order chi connectivity index (χ0) is 13.2. The second-order valence-electron chi connectivity index (χ2n) is 5.29. The molecule has 100 valence electrons. The molecule has 1 saturated carbocycles. The number of nitrogens with zero attached hydrogens (tertiary/aromatic N) is 4. The van der Waals surface area contributed by atoms with Crippen molar-refractivity contribution in [1.29, 1.82) is 0 Å². The maximum atomic E-state index is 4.08. The summed E-state index contributed by atoms with van der Waals surface area (Å²) in [5.41, 5.74) is 2.22. The standard InChI is InChI=1S/C14H19N5/c1-3-4-11-9-13(11)15-14-16-17-18-19(14)12-7-5-10(2)6-8-12/h5-8,11,13H,3-4,9H2,1-2H3,(H,15,16,18). The van der Waals surface area contributed by atoms with Gasteiger partial charge in [0, 0.05) is 6.04 Å². The number of hydrogen-bond acceptors (Lipinski definition) is 4. The third-order valence-electron chi connectivity index (χ3n) is 3.64. The fourth-order valence-electron chi connectivity index (χ4n) is 2.42. The van der Waals surface area contributed by atoms with E-state index in [4.69, 9.17) is 0 Å². The maximum Gasteiger partial charge on any atom is 0.247 e. The van der Waals surface area contributed by atoms with Crippen LogP contribution in [0.25, 0.3) is 5.69 Å². The fourth-order valence-corrected chi connectivity index (χ4v) is 2.42. The Morgan fingerprint density at radius 3 is 2.84 bits per heavy atom. The highest BCUT2D eigenvalue weighted by atomic mass is 15.6. The lowest BCUT2D eigenvalue weighted by atomic mass is 10.2. The predicted octanol–water partition coefficient (Wildman–Crippen LogP) is 2.57. The van der Waals surface area contributed by atoms with Crippen molar-refractivity contribution in [3.8, 4) is 5.69 Å². The Labute approximate surface area is 113 Å². The first-order chi connectivity index (χ1) is 9.28. The number of hydrogen-bond donors (Lipinski definition) is 1. The van der Waals surface area contributed by atoms with Crippen LogP contribution < -0.4 is 5.32 Å². The van der Waals surface area contributed by atoms with Gasteiger partial charge < -0.3 is 5.32 Å². The molecule has 1 fully saturated rings. The van der Waals surface area contributed by atoms with E-state index in [9.17, 15) is 0 Å². The van der Waals surface area contributed by atoms with Crippen molar-refractivity contribution in [3.05, 3.63) is 29.8 Å². The topological polar surface area (TPSA) is 55.6 Å². The molecule has 0 saturated heterocycles. The number of nitrogens with one attached hydrogen (secondary N) is 1. The van der Waals surface area contributed by atoms with Crippen molar-refractivity contribution in [2.75, 3.05) is 5.32 Å². The van der Waals surface area contributed by atoms with Gasteiger partial charge >= 0.3 is 0 Å². The Balaban J connectivity index is 1.74. The first kappa shape index (κ1) is 12.1. The van der Waals surface area contributed by atoms with Gasteiger partial charge in [-0.2, -0.15) is 4.68 Å². The number of benzene rings is 1. The van der Waals surface area contributed by atoms with Crippen molar-refractivity contribution in [1.82, 2.24) is 20.2 Å². The van der Waals surface area contributed by atoms with Gasteiger partial charge in [-0.3, -0.25) is 0 Å². The Hall–Kier alpha value is -1.91. The summed E-state index contributed by atoms with van der Waals surface area (Å²) in [5, 5.41) is 15.4. The molecule has 5 nitrogen and oxygen atoms in total. The van der Waals surface area contributed by atoms with Crippen molar-refractivity contribution < 1.29 is 0 Å². The van der Waals surface area contributed by atoms with Crippen molar-refractivity contribution in [3.63, 3.8) is 0 Å². The van der Waals surface area contributed by atoms with E-state index in [1.54, 1.807) is 4.68 Å². The molecule has 2 aromatic rings. The number of aromatic nitrogens is 4. The fraction of sp³-hybridized carbons (Fsp3) is 0.500. The van der Waals surface area contributed by atoms with Gasteiger partial charge in [0.1, 0.15) is 0 Å². The molecule has 5 heteroatoms. The van der Waals surface area contributed by atoms with E-state index in [-0.39, 0.29) is 0 Å². The van der Waals surface area contributed by atoms with E-state index in [0.717, 1.165) is 17.6 Å². The largest absolute Gasteiger partial charge is 0.350 e. The van der Waals surface area contributed by atoms with Crippen LogP contribution in [-0.4, -0.2) is 26.2 Å². The van der Waals surface area contributed by atoms with Gasteiger partial charge in [-0.25, -0.2) is 0 Å². The molecule has 1 aromatic carbocycles. The van der Waals surface area contributed by atoms with Gasteiger partial charge in [0.15, 0.2) is 0 Å². The minimum Gasteiger partial charge on any atom is -0.350 e. The van der Waals surface area contributed by atoms with Gasteiger partial charge in [-0.1, -0.05) is 36.1 Å². The summed E-state index contributed by atoms with van der Waals surface area (Å²) in [4.78, 5) is 0. The zero-order valence-electron chi connectivity index (χ0n) is 11.4. The van der Waals surface area contributed by atoms with Gasteiger partial charge in [0.2, 0.25) is 5.95 Å². The second-order valence-corrected chi connectivity index (χ2v) is 5.29. The van der Waals surface area contributed by atoms with Crippen LogP contribution in [0.4, 0.5) is 5.95 Å². The van der Waals surface area contributed by atoms with Crippen LogP contribution in [0.1, 0.15) is 31.7 Å². The molecule has 2 atom stereocenters. The average Bonchev–Trinajstić information content (AvgIpc) is 2.96. The van der Waals surface area contributed by atoms with E-state index < -0.39 is 0 Å². The summed E-state index contributed by atoms with van der Waals surface area (Å²) in [6.07, 6.45) is 3.75. The molecule has 0 aliphatic heterocycles. The quantitative estimate of drug-likeness (QED) is 0.894. The SMILES string of the molecule is CCCC1CC1Nc1nnnn1-c1ccc(C)cc1. The summed E-state index contributed by atoms with van der Waals surface area (Å²) in [6.45, 7) is 4.30. The van der Waals surface area contributed by atoms with Crippen molar-refractivity contribution >= 4 is 5.95 Å². The molecule has 0 spiro atoms. The smallest absolute Gasteiger partial charge is 0.247 e. The minimum absolute atomic E-state index is 0.537. The summed E-state index contributed by atoms with van der Waals surface area (Å²) >= 11 is 0. The number of rotatable bonds is 5. The molecule has 0 bridgehead atoms. The molecule has 2 unspecified atom stereocenters. The summed E-state index contributed by atoms with van der Waals surface area (Å²) in [7, 11) is 0. The number of tetrazole rings is 1. The van der Waals surface area contributed by atoms with Crippen LogP contribution in [0.15, 0.2) is 24.3 Å². The monoisotopic (exact) mass is 257 g/mol. The average molecular weight is 257 g/mol. The Morgan fingerprint density at radius 1 is 1.32 bits per heavy atom. The molecule has 1 aromatic heterocycles. The zero-order valence-corrected chi connectivity index (χ0v) is 11.4. The maximum absolute atomic E-state index is 4.08. The lowest BCUT2D eigenvalue weighted by molar-refractivity contribution is 0.690. The molecular weight excluding hydrogens is 238 g/mol. The van der Waals surface area contributed by atoms with Crippen LogP contribution in [0.5, 0.6) is 0 Å². The van der Waals surface area contributed by atoms with E-state index >= 15 is 0 Å². The van der Waals surface area contributed by atoms with Gasteiger partial charge in [-0.05, 0) is 48.2 Å². The summed E-state index contributed by atoms with van der Waals surface area (Å²) in [5.74, 6) is 1.53. The molecule has 1 N–H and O–H groups in total. The minimum atomic E-state index is 0.537. The van der Waals surface area contributed by atoms with Crippen LogP contribution in [-0.2, 0) is 0 Å². The summed E-state index contributed by atoms with van der Waals surface area (Å²) in [6, 6.07) is 8.74. The number of aryl methyl sites for hydroxylation is 1. The van der Waals surface area contributed by atoms with E-state index in [1.807, 2.05) is 12.1 Å². The molecular formula is C14H19N5. The molecule has 3 rings (SSSR count). The first-order valence-corrected chi connectivity index (χ1v) is 6.90. The first-order valence-electron chi connectivity index (χ1n) is 6.90. The highest BCUT2D eigenvalue weighted by Crippen LogP contribution is 2.36. The number of anilines is 1. The Bertz CT molecular complexity index is 545. The third-order valence-corrected chi connectivity index (χ3v) is 3.64. The van der Waals surface area contributed by atoms with Crippen molar-refractivity contribution in [2.24, 2.45) is 5.92 Å². The molecule has 1 aliphatic carbocycles. The highest BCUT2D eigenvalue weighted by molar-refractivity contribution is 5.41. The van der Waals surface area contributed by atoms with E-state index in [2.05, 4.69) is 46.8 Å². The van der Waals surface area contributed by atoms with E-state index in [1.165, 1.54) is 24.8 Å². The van der Waals surface area contributed by atoms with Gasteiger partial charge in [-0.15, -0.1) is 0 Å². The lowest BCUT2D eigenvalue weighted by Crippen LogP contribution is -2.11. The van der Waals surface area contributed by atoms with Gasteiger partial charge in [0.05, 0.1) is 5.69 Å². The van der Waals surface area contributed by atoms with E-state index in [0.29, 0.717) is 6.04 Å². The van der Waals surface area contributed by atoms with Crippen LogP contribution in [0.3, 0.4) is 0 Å². The molecule has 0 amide bonds. The molecule has 1 aliphatic rings. The van der Waals surface area contributed by atoms with Crippen LogP contribution in [0.2, 0.25) is 0 Å². The Kier molecular flexibility index (Phi) is 3.19. The summed E-state index contributed by atoms with van der Waals surface area (Å²) < 4.78 is 1.76. The predicted molar refractivity (Wildman–Crippen MR) is 74.3 cm³/mol. The van der Waals surface area contributed by atoms with Crippen LogP contribution >= 0.6 is 0 Å². The Morgan fingerprint density at radius 2 is 2.11 bits per heavy atom. The molecule has 19 heavy (non-hydrogen) atoms. The third kappa shape index (κ3) is 2.59. The highest BCUT2D eigenvalue weighted by Gasteiger charge is 2.37. The van der Waals surface area contributed by atoms with Gasteiger partial charge in [0.25, 0.3) is 0 Å². The lowest BCUT2D eigenvalue weighted by Gasteiger charge is -2.06.